The predicted octanol–water partition coefficient (Wildman–Crippen LogP) is 4.28. The second kappa shape index (κ2) is 9.23. The number of carbonyl (C=O) groups excluding carboxylic acids is 1. The molecular weight excluding hydrogens is 372 g/mol. The number of hydrogen-bond donors (Lipinski definition) is 1. The molecule has 1 atom stereocenters. The van der Waals surface area contributed by atoms with Crippen LogP contribution in [0.3, 0.4) is 0 Å². The fraction of sp³-hybridized carbons (Fsp3) is 0.318. The Morgan fingerprint density at radius 3 is 2.59 bits per heavy atom. The van der Waals surface area contributed by atoms with Crippen molar-refractivity contribution in [2.24, 2.45) is 5.92 Å². The van der Waals surface area contributed by atoms with E-state index in [1.165, 1.54) is 18.2 Å². The van der Waals surface area contributed by atoms with Crippen LogP contribution in [0.15, 0.2) is 48.5 Å². The minimum atomic E-state index is -0.466. The van der Waals surface area contributed by atoms with Crippen molar-refractivity contribution < 1.29 is 19.2 Å². The molecular formula is C22H24N2O5. The third kappa shape index (κ3) is 5.13. The van der Waals surface area contributed by atoms with Crippen LogP contribution < -0.4 is 14.8 Å². The van der Waals surface area contributed by atoms with Crippen molar-refractivity contribution in [3.8, 4) is 11.5 Å². The van der Waals surface area contributed by atoms with Crippen molar-refractivity contribution in [3.63, 3.8) is 0 Å². The number of para-hydroxylation sites is 1. The second-order valence-corrected chi connectivity index (χ2v) is 7.14. The average molecular weight is 396 g/mol. The SMILES string of the molecule is CC(C)C(NC(=O)C=Cc1ccccc1[N+](=O)[O-])c1ccc2c(c1)OCCCO2. The fourth-order valence-corrected chi connectivity index (χ4v) is 3.17. The van der Waals surface area contributed by atoms with Crippen LogP contribution >= 0.6 is 0 Å². The van der Waals surface area contributed by atoms with E-state index < -0.39 is 4.92 Å². The molecule has 0 aromatic heterocycles. The van der Waals surface area contributed by atoms with Crippen LogP contribution in [0.5, 0.6) is 11.5 Å². The first kappa shape index (κ1) is 20.4. The molecule has 0 bridgehead atoms. The highest BCUT2D eigenvalue weighted by atomic mass is 16.6. The Morgan fingerprint density at radius 2 is 1.86 bits per heavy atom. The summed E-state index contributed by atoms with van der Waals surface area (Å²) in [5.74, 6) is 1.18. The molecule has 0 aliphatic carbocycles. The molecule has 3 rings (SSSR count). The molecule has 7 heteroatoms. The molecule has 1 N–H and O–H groups in total. The monoisotopic (exact) mass is 396 g/mol. The molecule has 1 aliphatic heterocycles. The highest BCUT2D eigenvalue weighted by Crippen LogP contribution is 2.34. The van der Waals surface area contributed by atoms with Gasteiger partial charge in [0.1, 0.15) is 0 Å². The highest BCUT2D eigenvalue weighted by Gasteiger charge is 2.20. The van der Waals surface area contributed by atoms with E-state index in [1.807, 2.05) is 32.0 Å². The molecule has 1 amide bonds. The van der Waals surface area contributed by atoms with Gasteiger partial charge in [-0.15, -0.1) is 0 Å². The van der Waals surface area contributed by atoms with Crippen LogP contribution in [0, 0.1) is 16.0 Å². The van der Waals surface area contributed by atoms with Crippen molar-refractivity contribution in [1.29, 1.82) is 0 Å². The van der Waals surface area contributed by atoms with Gasteiger partial charge in [0.15, 0.2) is 11.5 Å². The lowest BCUT2D eigenvalue weighted by Crippen LogP contribution is -2.30. The predicted molar refractivity (Wildman–Crippen MR) is 110 cm³/mol. The average Bonchev–Trinajstić information content (AvgIpc) is 2.95. The Labute approximate surface area is 169 Å². The lowest BCUT2D eigenvalue weighted by atomic mass is 9.95. The molecule has 2 aromatic rings. The summed E-state index contributed by atoms with van der Waals surface area (Å²) in [4.78, 5) is 23.1. The normalized spacial score (nSPS) is 14.4. The van der Waals surface area contributed by atoms with E-state index >= 15 is 0 Å². The number of nitrogens with one attached hydrogen (secondary N) is 1. The van der Waals surface area contributed by atoms with Gasteiger partial charge in [0.25, 0.3) is 5.69 Å². The number of benzene rings is 2. The van der Waals surface area contributed by atoms with Crippen molar-refractivity contribution in [2.75, 3.05) is 13.2 Å². The van der Waals surface area contributed by atoms with Gasteiger partial charge < -0.3 is 14.8 Å². The third-order valence-electron chi connectivity index (χ3n) is 4.64. The maximum absolute atomic E-state index is 12.5. The number of amides is 1. The molecule has 152 valence electrons. The van der Waals surface area contributed by atoms with Crippen LogP contribution in [0.1, 0.15) is 37.4 Å². The molecule has 7 nitrogen and oxygen atoms in total. The van der Waals surface area contributed by atoms with Gasteiger partial charge in [-0.05, 0) is 35.8 Å². The van der Waals surface area contributed by atoms with Crippen LogP contribution in [-0.2, 0) is 4.79 Å². The fourth-order valence-electron chi connectivity index (χ4n) is 3.17. The Bertz CT molecular complexity index is 923. The maximum atomic E-state index is 12.5. The minimum Gasteiger partial charge on any atom is -0.490 e. The summed E-state index contributed by atoms with van der Waals surface area (Å²) in [6, 6.07) is 11.7. The summed E-state index contributed by atoms with van der Waals surface area (Å²) in [7, 11) is 0. The Hall–Kier alpha value is -3.35. The molecule has 0 fully saturated rings. The summed E-state index contributed by atoms with van der Waals surface area (Å²) in [6.45, 7) is 5.24. The third-order valence-corrected chi connectivity index (χ3v) is 4.64. The number of nitrogens with zero attached hydrogens (tertiary/aromatic N) is 1. The van der Waals surface area contributed by atoms with E-state index in [1.54, 1.807) is 18.2 Å². The lowest BCUT2D eigenvalue weighted by molar-refractivity contribution is -0.385. The van der Waals surface area contributed by atoms with Crippen LogP contribution in [0.2, 0.25) is 0 Å². The van der Waals surface area contributed by atoms with E-state index in [0.717, 1.165) is 12.0 Å². The number of nitro benzene ring substituents is 1. The number of fused-ring (bicyclic) bond motifs is 1. The van der Waals surface area contributed by atoms with Gasteiger partial charge in [-0.25, -0.2) is 0 Å². The Morgan fingerprint density at radius 1 is 1.14 bits per heavy atom. The van der Waals surface area contributed by atoms with Gasteiger partial charge in [-0.1, -0.05) is 32.0 Å². The maximum Gasteiger partial charge on any atom is 0.276 e. The largest absolute Gasteiger partial charge is 0.490 e. The summed E-state index contributed by atoms with van der Waals surface area (Å²) in [5, 5.41) is 14.1. The lowest BCUT2D eigenvalue weighted by Gasteiger charge is -2.23. The number of carbonyl (C=O) groups is 1. The zero-order valence-electron chi connectivity index (χ0n) is 16.5. The molecule has 0 spiro atoms. The number of hydrogen-bond acceptors (Lipinski definition) is 5. The summed E-state index contributed by atoms with van der Waals surface area (Å²) in [5.41, 5.74) is 1.25. The first-order valence-corrected chi connectivity index (χ1v) is 9.57. The van der Waals surface area contributed by atoms with Crippen LogP contribution in [-0.4, -0.2) is 24.0 Å². The molecule has 0 radical (unpaired) electrons. The summed E-state index contributed by atoms with van der Waals surface area (Å²) in [6.07, 6.45) is 3.60. The molecule has 29 heavy (non-hydrogen) atoms. The van der Waals surface area contributed by atoms with Gasteiger partial charge in [-0.3, -0.25) is 14.9 Å². The molecule has 1 unspecified atom stereocenters. The van der Waals surface area contributed by atoms with E-state index in [4.69, 9.17) is 9.47 Å². The van der Waals surface area contributed by atoms with E-state index in [0.29, 0.717) is 30.3 Å². The minimum absolute atomic E-state index is 0.0418. The number of rotatable bonds is 6. The smallest absolute Gasteiger partial charge is 0.276 e. The molecule has 0 saturated carbocycles. The molecule has 0 saturated heterocycles. The van der Waals surface area contributed by atoms with Gasteiger partial charge >= 0.3 is 0 Å². The van der Waals surface area contributed by atoms with E-state index in [-0.39, 0.29) is 23.6 Å². The summed E-state index contributed by atoms with van der Waals surface area (Å²) >= 11 is 0. The van der Waals surface area contributed by atoms with Crippen LogP contribution in [0.25, 0.3) is 6.08 Å². The zero-order chi connectivity index (χ0) is 20.8. The van der Waals surface area contributed by atoms with Crippen molar-refractivity contribution in [2.45, 2.75) is 26.3 Å². The number of ether oxygens (including phenoxy) is 2. The molecule has 1 aliphatic rings. The Balaban J connectivity index is 1.77. The van der Waals surface area contributed by atoms with Crippen molar-refractivity contribution in [3.05, 3.63) is 69.8 Å². The standard InChI is InChI=1S/C22H24N2O5/c1-15(2)22(17-8-10-19-20(14-17)29-13-5-12-28-19)23-21(25)11-9-16-6-3-4-7-18(16)24(26)27/h3-4,6-11,14-15,22H,5,12-13H2,1-2H3,(H,23,25). The topological polar surface area (TPSA) is 90.7 Å². The number of nitro groups is 1. The van der Waals surface area contributed by atoms with Gasteiger partial charge in [-0.2, -0.15) is 0 Å². The first-order valence-electron chi connectivity index (χ1n) is 9.57. The van der Waals surface area contributed by atoms with Crippen molar-refractivity contribution >= 4 is 17.7 Å². The van der Waals surface area contributed by atoms with Gasteiger partial charge in [0.05, 0.1) is 29.7 Å². The molecule has 1 heterocycles. The van der Waals surface area contributed by atoms with Gasteiger partial charge in [0, 0.05) is 18.6 Å². The highest BCUT2D eigenvalue weighted by molar-refractivity contribution is 5.92. The quantitative estimate of drug-likeness (QED) is 0.447. The molecule has 2 aromatic carbocycles. The van der Waals surface area contributed by atoms with E-state index in [2.05, 4.69) is 5.32 Å². The summed E-state index contributed by atoms with van der Waals surface area (Å²) < 4.78 is 11.4. The Kier molecular flexibility index (Phi) is 6.49. The van der Waals surface area contributed by atoms with E-state index in [9.17, 15) is 14.9 Å². The zero-order valence-corrected chi connectivity index (χ0v) is 16.5. The van der Waals surface area contributed by atoms with Crippen LogP contribution in [0.4, 0.5) is 5.69 Å². The second-order valence-electron chi connectivity index (χ2n) is 7.14. The van der Waals surface area contributed by atoms with Crippen molar-refractivity contribution in [1.82, 2.24) is 5.32 Å². The van der Waals surface area contributed by atoms with Gasteiger partial charge in [0.2, 0.25) is 5.91 Å². The first-order chi connectivity index (χ1) is 14.0.